The van der Waals surface area contributed by atoms with Gasteiger partial charge in [-0.15, -0.1) is 0 Å². The topological polar surface area (TPSA) is 99.5 Å². The van der Waals surface area contributed by atoms with Crippen LogP contribution in [0, 0.1) is 19.3 Å². The number of para-hydroxylation sites is 1. The molecule has 0 atom stereocenters. The summed E-state index contributed by atoms with van der Waals surface area (Å²) in [7, 11) is 0. The Balaban J connectivity index is 1.67. The highest BCUT2D eigenvalue weighted by Gasteiger charge is 2.16. The van der Waals surface area contributed by atoms with Crippen molar-refractivity contribution >= 4 is 34.4 Å². The van der Waals surface area contributed by atoms with E-state index in [1.165, 1.54) is 11.8 Å². The molecular weight excluding hydrogens is 408 g/mol. The number of aryl methyl sites for hydroxylation is 3. The molecule has 0 unspecified atom stereocenters. The first-order valence-corrected chi connectivity index (χ1v) is 11.1. The molecule has 31 heavy (non-hydrogen) atoms. The Kier molecular flexibility index (Phi) is 5.90. The lowest BCUT2D eigenvalue weighted by molar-refractivity contribution is -0.113. The smallest absolute Gasteiger partial charge is 0.234 e. The van der Waals surface area contributed by atoms with Crippen LogP contribution in [-0.2, 0) is 11.2 Å². The average Bonchev–Trinajstić information content (AvgIpc) is 3.13. The number of thioether (sulfide) groups is 1. The Hall–Kier alpha value is -3.39. The molecular formula is C23H24N6OS. The minimum absolute atomic E-state index is 0.117. The van der Waals surface area contributed by atoms with Crippen molar-refractivity contribution in [2.45, 2.75) is 32.3 Å². The lowest BCUT2D eigenvalue weighted by atomic mass is 10.1. The van der Waals surface area contributed by atoms with Crippen molar-refractivity contribution in [3.05, 3.63) is 70.8 Å². The van der Waals surface area contributed by atoms with E-state index in [4.69, 9.17) is 5.41 Å². The second kappa shape index (κ2) is 8.77. The quantitative estimate of drug-likeness (QED) is 0.315. The summed E-state index contributed by atoms with van der Waals surface area (Å²) < 4.78 is 1.77. The lowest BCUT2D eigenvalue weighted by Crippen LogP contribution is -2.23. The van der Waals surface area contributed by atoms with Crippen molar-refractivity contribution in [1.29, 1.82) is 5.41 Å². The molecule has 0 radical (unpaired) electrons. The van der Waals surface area contributed by atoms with Gasteiger partial charge >= 0.3 is 0 Å². The van der Waals surface area contributed by atoms with Crippen molar-refractivity contribution in [2.75, 3.05) is 11.1 Å². The van der Waals surface area contributed by atoms with Crippen molar-refractivity contribution in [1.82, 2.24) is 19.7 Å². The maximum atomic E-state index is 12.7. The second-order valence-electron chi connectivity index (χ2n) is 7.31. The maximum Gasteiger partial charge on any atom is 0.234 e. The van der Waals surface area contributed by atoms with E-state index in [9.17, 15) is 4.79 Å². The third-order valence-corrected chi connectivity index (χ3v) is 5.98. The van der Waals surface area contributed by atoms with Crippen LogP contribution in [0.4, 0.5) is 5.69 Å². The fourth-order valence-corrected chi connectivity index (χ4v) is 4.31. The molecule has 4 aromatic rings. The maximum absolute atomic E-state index is 12.7. The van der Waals surface area contributed by atoms with Crippen LogP contribution >= 0.6 is 11.8 Å². The Labute approximate surface area is 184 Å². The lowest BCUT2D eigenvalue weighted by Gasteiger charge is -2.14. The predicted molar refractivity (Wildman–Crippen MR) is 124 cm³/mol. The van der Waals surface area contributed by atoms with E-state index >= 15 is 0 Å². The zero-order valence-corrected chi connectivity index (χ0v) is 18.5. The number of anilines is 1. The van der Waals surface area contributed by atoms with Crippen LogP contribution < -0.4 is 10.8 Å². The van der Waals surface area contributed by atoms with Gasteiger partial charge in [-0.05, 0) is 49.6 Å². The SMILES string of the molecule is CCc1ccccc1NC(=O)CSc1nc2n[nH]c(C)c2c(=N)n1-c1cccc(C)c1. The van der Waals surface area contributed by atoms with E-state index in [0.29, 0.717) is 21.7 Å². The predicted octanol–water partition coefficient (Wildman–Crippen LogP) is 4.14. The molecule has 0 aliphatic carbocycles. The summed E-state index contributed by atoms with van der Waals surface area (Å²) in [5, 5.41) is 20.2. The van der Waals surface area contributed by atoms with Crippen molar-refractivity contribution in [2.24, 2.45) is 0 Å². The van der Waals surface area contributed by atoms with Gasteiger partial charge in [-0.2, -0.15) is 5.10 Å². The van der Waals surface area contributed by atoms with Gasteiger partial charge in [-0.25, -0.2) is 4.98 Å². The van der Waals surface area contributed by atoms with Gasteiger partial charge < -0.3 is 5.32 Å². The summed E-state index contributed by atoms with van der Waals surface area (Å²) in [6, 6.07) is 15.7. The molecule has 0 aliphatic rings. The van der Waals surface area contributed by atoms with E-state index in [1.807, 2.05) is 62.4 Å². The minimum Gasteiger partial charge on any atom is -0.325 e. The molecule has 2 heterocycles. The van der Waals surface area contributed by atoms with Gasteiger partial charge in [0.15, 0.2) is 10.8 Å². The largest absolute Gasteiger partial charge is 0.325 e. The minimum atomic E-state index is -0.117. The number of carbonyl (C=O) groups excluding carboxylic acids is 1. The Bertz CT molecular complexity index is 1320. The Morgan fingerprint density at radius 3 is 2.77 bits per heavy atom. The van der Waals surface area contributed by atoms with Gasteiger partial charge in [-0.1, -0.05) is 49.0 Å². The Morgan fingerprint density at radius 1 is 1.19 bits per heavy atom. The average molecular weight is 433 g/mol. The number of carbonyl (C=O) groups is 1. The zero-order chi connectivity index (χ0) is 22.0. The van der Waals surface area contributed by atoms with Crippen LogP contribution in [0.1, 0.15) is 23.7 Å². The normalized spacial score (nSPS) is 11.1. The van der Waals surface area contributed by atoms with Gasteiger partial charge in [0.05, 0.1) is 11.1 Å². The highest BCUT2D eigenvalue weighted by atomic mass is 32.2. The number of benzene rings is 2. The third-order valence-electron chi connectivity index (χ3n) is 5.05. The number of aromatic amines is 1. The summed E-state index contributed by atoms with van der Waals surface area (Å²) in [6.07, 6.45) is 0.843. The van der Waals surface area contributed by atoms with Gasteiger partial charge in [0.1, 0.15) is 5.49 Å². The molecule has 0 bridgehead atoms. The van der Waals surface area contributed by atoms with E-state index in [1.54, 1.807) is 4.57 Å². The molecule has 0 aliphatic heterocycles. The first-order valence-electron chi connectivity index (χ1n) is 10.1. The summed E-state index contributed by atoms with van der Waals surface area (Å²) >= 11 is 1.29. The van der Waals surface area contributed by atoms with E-state index < -0.39 is 0 Å². The monoisotopic (exact) mass is 432 g/mol. The molecule has 2 aromatic heterocycles. The number of aromatic nitrogens is 4. The first kappa shape index (κ1) is 20.9. The summed E-state index contributed by atoms with van der Waals surface area (Å²) in [6.45, 7) is 5.94. The molecule has 0 fully saturated rings. The number of amides is 1. The first-order chi connectivity index (χ1) is 15.0. The summed E-state index contributed by atoms with van der Waals surface area (Å²) in [5.74, 6) is 0.0546. The van der Waals surface area contributed by atoms with Gasteiger partial charge in [0, 0.05) is 17.1 Å². The molecule has 1 amide bonds. The number of hydrogen-bond donors (Lipinski definition) is 3. The number of hydrogen-bond acceptors (Lipinski definition) is 5. The summed E-state index contributed by atoms with van der Waals surface area (Å²) in [4.78, 5) is 17.3. The molecule has 0 spiro atoms. The van der Waals surface area contributed by atoms with Gasteiger partial charge in [0.2, 0.25) is 5.91 Å². The molecule has 2 aromatic carbocycles. The zero-order valence-electron chi connectivity index (χ0n) is 17.7. The number of nitrogens with one attached hydrogen (secondary N) is 3. The van der Waals surface area contributed by atoms with E-state index in [0.717, 1.165) is 34.6 Å². The number of fused-ring (bicyclic) bond motifs is 1. The molecule has 8 heteroatoms. The van der Waals surface area contributed by atoms with Crippen LogP contribution in [0.5, 0.6) is 0 Å². The highest BCUT2D eigenvalue weighted by Crippen LogP contribution is 2.23. The van der Waals surface area contributed by atoms with Crippen LogP contribution in [0.15, 0.2) is 53.7 Å². The fourth-order valence-electron chi connectivity index (χ4n) is 3.50. The van der Waals surface area contributed by atoms with Crippen molar-refractivity contribution in [3.63, 3.8) is 0 Å². The van der Waals surface area contributed by atoms with Crippen LogP contribution in [-0.4, -0.2) is 31.4 Å². The third kappa shape index (κ3) is 4.25. The molecule has 158 valence electrons. The number of nitrogens with zero attached hydrogens (tertiary/aromatic N) is 3. The molecule has 7 nitrogen and oxygen atoms in total. The van der Waals surface area contributed by atoms with E-state index in [2.05, 4.69) is 27.4 Å². The number of rotatable bonds is 6. The summed E-state index contributed by atoms with van der Waals surface area (Å²) in [5.41, 5.74) is 5.40. The highest BCUT2D eigenvalue weighted by molar-refractivity contribution is 7.99. The molecule has 0 saturated carbocycles. The van der Waals surface area contributed by atoms with Crippen molar-refractivity contribution in [3.8, 4) is 5.69 Å². The van der Waals surface area contributed by atoms with Gasteiger partial charge in [0.25, 0.3) is 0 Å². The van der Waals surface area contributed by atoms with Gasteiger partial charge in [-0.3, -0.25) is 19.9 Å². The molecule has 4 rings (SSSR count). The standard InChI is InChI=1S/C23H24N6OS/c1-4-16-9-5-6-11-18(16)25-19(30)13-31-23-26-22-20(15(3)27-28-22)21(24)29(23)17-10-7-8-14(2)12-17/h5-12,24H,4,13H2,1-3H3,(H,25,30)(H,27,28). The Morgan fingerprint density at radius 2 is 2.00 bits per heavy atom. The molecule has 3 N–H and O–H groups in total. The van der Waals surface area contributed by atoms with Crippen LogP contribution in [0.25, 0.3) is 16.7 Å². The number of H-pyrrole nitrogens is 1. The molecule has 0 saturated heterocycles. The van der Waals surface area contributed by atoms with Crippen molar-refractivity contribution < 1.29 is 4.79 Å². The van der Waals surface area contributed by atoms with Crippen LogP contribution in [0.3, 0.4) is 0 Å². The van der Waals surface area contributed by atoms with Crippen LogP contribution in [0.2, 0.25) is 0 Å². The van der Waals surface area contributed by atoms with E-state index in [-0.39, 0.29) is 11.7 Å². The second-order valence-corrected chi connectivity index (χ2v) is 8.25. The fraction of sp³-hybridized carbons (Fsp3) is 0.217.